The third kappa shape index (κ3) is 3.86. The molecule has 2 aliphatic heterocycles. The van der Waals surface area contributed by atoms with Gasteiger partial charge in [0, 0.05) is 39.3 Å². The van der Waals surface area contributed by atoms with Crippen LogP contribution in [0, 0.1) is 5.92 Å². The molecule has 0 radical (unpaired) electrons. The second-order valence-corrected chi connectivity index (χ2v) is 6.57. The fourth-order valence-electron chi connectivity index (χ4n) is 3.47. The fourth-order valence-corrected chi connectivity index (χ4v) is 3.47. The van der Waals surface area contributed by atoms with Crippen molar-refractivity contribution >= 4 is 11.8 Å². The minimum atomic E-state index is -0.0121. The molecule has 2 aliphatic rings. The van der Waals surface area contributed by atoms with Crippen LogP contribution in [0.4, 0.5) is 0 Å². The predicted molar refractivity (Wildman–Crippen MR) is 85.9 cm³/mol. The molecule has 0 saturated carbocycles. The highest BCUT2D eigenvalue weighted by atomic mass is 16.2. The van der Waals surface area contributed by atoms with Gasteiger partial charge in [0.1, 0.15) is 5.69 Å². The second kappa shape index (κ2) is 7.06. The standard InChI is InChI=1S/C17H24N4O2/c1-13(22)21-8-4-5-14(12-21)9-15-10-19-16(11-18-15)17(23)20-6-2-3-7-20/h10-11,14H,2-9,12H2,1H3/t14-/m1/s1. The van der Waals surface area contributed by atoms with Crippen LogP contribution in [0.25, 0.3) is 0 Å². The Morgan fingerprint density at radius 3 is 2.48 bits per heavy atom. The Labute approximate surface area is 136 Å². The SMILES string of the molecule is CC(=O)N1CCC[C@H](Cc2cnc(C(=O)N3CCCC3)cn2)C1. The van der Waals surface area contributed by atoms with Crippen molar-refractivity contribution in [2.45, 2.75) is 39.0 Å². The van der Waals surface area contributed by atoms with Crippen LogP contribution >= 0.6 is 0 Å². The van der Waals surface area contributed by atoms with E-state index in [0.29, 0.717) is 11.6 Å². The van der Waals surface area contributed by atoms with Crippen LogP contribution in [0.2, 0.25) is 0 Å². The third-order valence-corrected chi connectivity index (χ3v) is 4.78. The number of amides is 2. The summed E-state index contributed by atoms with van der Waals surface area (Å²) in [5.41, 5.74) is 1.34. The van der Waals surface area contributed by atoms with E-state index in [4.69, 9.17) is 0 Å². The number of likely N-dealkylation sites (tertiary alicyclic amines) is 2. The summed E-state index contributed by atoms with van der Waals surface area (Å²) in [6.45, 7) is 4.93. The van der Waals surface area contributed by atoms with Gasteiger partial charge in [0.05, 0.1) is 11.9 Å². The molecule has 0 bridgehead atoms. The van der Waals surface area contributed by atoms with E-state index >= 15 is 0 Å². The van der Waals surface area contributed by atoms with E-state index in [9.17, 15) is 9.59 Å². The first-order chi connectivity index (χ1) is 11.1. The van der Waals surface area contributed by atoms with Gasteiger partial charge in [-0.15, -0.1) is 0 Å². The van der Waals surface area contributed by atoms with Gasteiger partial charge < -0.3 is 9.80 Å². The normalized spacial score (nSPS) is 21.5. The first-order valence-electron chi connectivity index (χ1n) is 8.49. The highest BCUT2D eigenvalue weighted by Gasteiger charge is 2.23. The van der Waals surface area contributed by atoms with Gasteiger partial charge >= 0.3 is 0 Å². The molecule has 3 heterocycles. The summed E-state index contributed by atoms with van der Waals surface area (Å²) in [6, 6.07) is 0. The summed E-state index contributed by atoms with van der Waals surface area (Å²) in [6.07, 6.45) is 8.44. The lowest BCUT2D eigenvalue weighted by Crippen LogP contribution is -2.39. The number of rotatable bonds is 3. The van der Waals surface area contributed by atoms with Crippen molar-refractivity contribution in [3.05, 3.63) is 23.8 Å². The van der Waals surface area contributed by atoms with Gasteiger partial charge in [0.15, 0.2) is 0 Å². The molecule has 0 unspecified atom stereocenters. The molecule has 2 saturated heterocycles. The topological polar surface area (TPSA) is 66.4 Å². The molecule has 1 aromatic rings. The number of nitrogens with zero attached hydrogens (tertiary/aromatic N) is 4. The molecule has 0 N–H and O–H groups in total. The van der Waals surface area contributed by atoms with E-state index in [0.717, 1.165) is 64.0 Å². The fraction of sp³-hybridized carbons (Fsp3) is 0.647. The van der Waals surface area contributed by atoms with E-state index in [1.54, 1.807) is 19.3 Å². The summed E-state index contributed by atoms with van der Waals surface area (Å²) in [5.74, 6) is 0.566. The average molecular weight is 316 g/mol. The largest absolute Gasteiger partial charge is 0.343 e. The maximum absolute atomic E-state index is 12.2. The minimum absolute atomic E-state index is 0.0121. The molecule has 6 nitrogen and oxygen atoms in total. The first kappa shape index (κ1) is 15.9. The van der Waals surface area contributed by atoms with E-state index in [-0.39, 0.29) is 11.8 Å². The number of carbonyl (C=O) groups excluding carboxylic acids is 2. The zero-order chi connectivity index (χ0) is 16.2. The van der Waals surface area contributed by atoms with Crippen LogP contribution in [-0.2, 0) is 11.2 Å². The van der Waals surface area contributed by atoms with Gasteiger partial charge in [-0.05, 0) is 38.0 Å². The van der Waals surface area contributed by atoms with Crippen molar-refractivity contribution in [3.8, 4) is 0 Å². The van der Waals surface area contributed by atoms with Gasteiger partial charge in [-0.25, -0.2) is 4.98 Å². The van der Waals surface area contributed by atoms with Crippen molar-refractivity contribution in [3.63, 3.8) is 0 Å². The maximum atomic E-state index is 12.2. The van der Waals surface area contributed by atoms with Crippen LogP contribution in [0.15, 0.2) is 12.4 Å². The number of carbonyl (C=O) groups is 2. The quantitative estimate of drug-likeness (QED) is 0.848. The highest BCUT2D eigenvalue weighted by Crippen LogP contribution is 2.20. The van der Waals surface area contributed by atoms with Crippen LogP contribution in [-0.4, -0.2) is 57.8 Å². The van der Waals surface area contributed by atoms with Gasteiger partial charge in [-0.1, -0.05) is 0 Å². The highest BCUT2D eigenvalue weighted by molar-refractivity contribution is 5.92. The molecule has 1 aromatic heterocycles. The van der Waals surface area contributed by atoms with E-state index in [1.165, 1.54) is 0 Å². The van der Waals surface area contributed by atoms with Crippen LogP contribution in [0.1, 0.15) is 48.8 Å². The Morgan fingerprint density at radius 1 is 1.09 bits per heavy atom. The summed E-state index contributed by atoms with van der Waals surface area (Å²) in [5, 5.41) is 0. The molecular weight excluding hydrogens is 292 g/mol. The molecule has 1 atom stereocenters. The Morgan fingerprint density at radius 2 is 1.83 bits per heavy atom. The maximum Gasteiger partial charge on any atom is 0.274 e. The second-order valence-electron chi connectivity index (χ2n) is 6.57. The lowest BCUT2D eigenvalue weighted by molar-refractivity contribution is -0.130. The smallest absolute Gasteiger partial charge is 0.274 e. The predicted octanol–water partition coefficient (Wildman–Crippen LogP) is 1.51. The van der Waals surface area contributed by atoms with Gasteiger partial charge in [0.25, 0.3) is 5.91 Å². The average Bonchev–Trinajstić information content (AvgIpc) is 3.09. The first-order valence-corrected chi connectivity index (χ1v) is 8.49. The van der Waals surface area contributed by atoms with Crippen LogP contribution in [0.3, 0.4) is 0 Å². The van der Waals surface area contributed by atoms with Crippen molar-refractivity contribution in [1.29, 1.82) is 0 Å². The van der Waals surface area contributed by atoms with Crippen molar-refractivity contribution < 1.29 is 9.59 Å². The summed E-state index contributed by atoms with van der Waals surface area (Å²) >= 11 is 0. The minimum Gasteiger partial charge on any atom is -0.343 e. The molecule has 2 amide bonds. The summed E-state index contributed by atoms with van der Waals surface area (Å²) in [7, 11) is 0. The lowest BCUT2D eigenvalue weighted by Gasteiger charge is -2.31. The number of aromatic nitrogens is 2. The molecule has 0 spiro atoms. The molecule has 6 heteroatoms. The molecule has 3 rings (SSSR count). The van der Waals surface area contributed by atoms with Crippen LogP contribution in [0.5, 0.6) is 0 Å². The number of hydrogen-bond acceptors (Lipinski definition) is 4. The molecule has 124 valence electrons. The summed E-state index contributed by atoms with van der Waals surface area (Å²) in [4.78, 5) is 36.2. The Bertz CT molecular complexity index is 566. The number of hydrogen-bond donors (Lipinski definition) is 0. The number of piperidine rings is 1. The van der Waals surface area contributed by atoms with Gasteiger partial charge in [-0.3, -0.25) is 14.6 Å². The Kier molecular flexibility index (Phi) is 4.88. The van der Waals surface area contributed by atoms with Crippen molar-refractivity contribution in [2.24, 2.45) is 5.92 Å². The van der Waals surface area contributed by atoms with Crippen LogP contribution < -0.4 is 0 Å². The van der Waals surface area contributed by atoms with E-state index in [2.05, 4.69) is 9.97 Å². The zero-order valence-electron chi connectivity index (χ0n) is 13.7. The molecule has 2 fully saturated rings. The van der Waals surface area contributed by atoms with E-state index in [1.807, 2.05) is 9.80 Å². The van der Waals surface area contributed by atoms with Gasteiger partial charge in [0.2, 0.25) is 5.91 Å². The van der Waals surface area contributed by atoms with Crippen molar-refractivity contribution in [2.75, 3.05) is 26.2 Å². The molecule has 0 aromatic carbocycles. The zero-order valence-corrected chi connectivity index (χ0v) is 13.7. The molecule has 23 heavy (non-hydrogen) atoms. The summed E-state index contributed by atoms with van der Waals surface area (Å²) < 4.78 is 0. The third-order valence-electron chi connectivity index (χ3n) is 4.78. The Hall–Kier alpha value is -1.98. The molecular formula is C17H24N4O2. The van der Waals surface area contributed by atoms with Gasteiger partial charge in [-0.2, -0.15) is 0 Å². The molecule has 0 aliphatic carbocycles. The monoisotopic (exact) mass is 316 g/mol. The van der Waals surface area contributed by atoms with E-state index < -0.39 is 0 Å². The Balaban J connectivity index is 1.59. The van der Waals surface area contributed by atoms with Crippen molar-refractivity contribution in [1.82, 2.24) is 19.8 Å². The lowest BCUT2D eigenvalue weighted by atomic mass is 9.93.